The largest absolute Gasteiger partial charge is 0.395 e. The molecule has 0 saturated heterocycles. The maximum Gasteiger partial charge on any atom is 0.194 e. The van der Waals surface area contributed by atoms with Crippen LogP contribution in [0, 0.1) is 17.5 Å². The van der Waals surface area contributed by atoms with Gasteiger partial charge in [-0.05, 0) is 24.6 Å². The molecule has 0 saturated carbocycles. The van der Waals surface area contributed by atoms with Gasteiger partial charge >= 0.3 is 0 Å². The highest BCUT2D eigenvalue weighted by Crippen LogP contribution is 2.32. The monoisotopic (exact) mass is 316 g/mol. The van der Waals surface area contributed by atoms with Crippen molar-refractivity contribution in [3.8, 4) is 0 Å². The van der Waals surface area contributed by atoms with Crippen LogP contribution in [0.15, 0.2) is 12.1 Å². The topological polar surface area (TPSA) is 20.2 Å². The van der Waals surface area contributed by atoms with E-state index < -0.39 is 20.9 Å². The first-order valence-corrected chi connectivity index (χ1v) is 4.91. The number of benzene rings is 1. The van der Waals surface area contributed by atoms with Crippen molar-refractivity contribution in [3.63, 3.8) is 0 Å². The van der Waals surface area contributed by atoms with Crippen LogP contribution in [-0.2, 0) is 3.42 Å². The van der Waals surface area contributed by atoms with Gasteiger partial charge in [0, 0.05) is 0 Å². The first kappa shape index (κ1) is 11.8. The van der Waals surface area contributed by atoms with Crippen LogP contribution in [0.1, 0.15) is 12.5 Å². The summed E-state index contributed by atoms with van der Waals surface area (Å²) in [5.74, 6) is -3.97. The average molecular weight is 316 g/mol. The first-order chi connectivity index (χ1) is 6.38. The maximum atomic E-state index is 12.8. The third kappa shape index (κ3) is 2.20. The minimum absolute atomic E-state index is 0.219. The zero-order valence-corrected chi connectivity index (χ0v) is 9.48. The van der Waals surface area contributed by atoms with Crippen LogP contribution in [0.25, 0.3) is 0 Å². The number of hydrogen-bond donors (Lipinski definition) is 1. The second kappa shape index (κ2) is 4.06. The molecule has 1 aromatic carbocycles. The van der Waals surface area contributed by atoms with Crippen LogP contribution in [0.2, 0.25) is 0 Å². The van der Waals surface area contributed by atoms with Crippen molar-refractivity contribution in [1.82, 2.24) is 0 Å². The molecule has 1 aromatic rings. The van der Waals surface area contributed by atoms with Gasteiger partial charge in [0.1, 0.15) is 0 Å². The van der Waals surface area contributed by atoms with Crippen molar-refractivity contribution in [2.75, 3.05) is 6.61 Å². The molecule has 0 aliphatic carbocycles. The zero-order valence-electron chi connectivity index (χ0n) is 7.32. The lowest BCUT2D eigenvalue weighted by molar-refractivity contribution is 0.264. The highest BCUT2D eigenvalue weighted by atomic mass is 127. The van der Waals surface area contributed by atoms with Gasteiger partial charge in [0.15, 0.2) is 17.5 Å². The molecule has 1 atom stereocenters. The number of hydrogen-bond acceptors (Lipinski definition) is 1. The van der Waals surface area contributed by atoms with Gasteiger partial charge in [-0.2, -0.15) is 0 Å². The lowest BCUT2D eigenvalue weighted by Crippen LogP contribution is -2.18. The van der Waals surface area contributed by atoms with E-state index in [4.69, 9.17) is 5.11 Å². The molecule has 0 bridgehead atoms. The summed E-state index contributed by atoms with van der Waals surface area (Å²) in [5.41, 5.74) is 0.219. The fourth-order valence-corrected chi connectivity index (χ4v) is 1.26. The van der Waals surface area contributed by atoms with Crippen LogP contribution in [-0.4, -0.2) is 11.7 Å². The van der Waals surface area contributed by atoms with Gasteiger partial charge in [-0.1, -0.05) is 22.6 Å². The second-order valence-electron chi connectivity index (χ2n) is 3.11. The van der Waals surface area contributed by atoms with Crippen LogP contribution < -0.4 is 0 Å². The first-order valence-electron chi connectivity index (χ1n) is 3.83. The van der Waals surface area contributed by atoms with Crippen molar-refractivity contribution in [1.29, 1.82) is 0 Å². The summed E-state index contributed by atoms with van der Waals surface area (Å²) in [6.07, 6.45) is 0. The third-order valence-electron chi connectivity index (χ3n) is 1.88. The van der Waals surface area contributed by atoms with E-state index in [9.17, 15) is 13.2 Å². The lowest BCUT2D eigenvalue weighted by Gasteiger charge is -2.20. The predicted molar refractivity (Wildman–Crippen MR) is 54.8 cm³/mol. The van der Waals surface area contributed by atoms with Gasteiger partial charge in [-0.15, -0.1) is 0 Å². The predicted octanol–water partition coefficient (Wildman–Crippen LogP) is 2.75. The van der Waals surface area contributed by atoms with E-state index >= 15 is 0 Å². The zero-order chi connectivity index (χ0) is 10.9. The molecule has 1 rings (SSSR count). The van der Waals surface area contributed by atoms with Crippen LogP contribution in [0.5, 0.6) is 0 Å². The summed E-state index contributed by atoms with van der Waals surface area (Å²) in [6.45, 7) is 1.32. The van der Waals surface area contributed by atoms with Crippen LogP contribution in [0.4, 0.5) is 13.2 Å². The van der Waals surface area contributed by atoms with Crippen LogP contribution >= 0.6 is 22.6 Å². The van der Waals surface area contributed by atoms with E-state index in [-0.39, 0.29) is 12.2 Å². The summed E-state index contributed by atoms with van der Waals surface area (Å²) in [6, 6.07) is 1.78. The smallest absolute Gasteiger partial charge is 0.194 e. The van der Waals surface area contributed by atoms with Gasteiger partial charge < -0.3 is 5.11 Å². The Morgan fingerprint density at radius 1 is 1.29 bits per heavy atom. The highest BCUT2D eigenvalue weighted by Gasteiger charge is 2.24. The Hall–Kier alpha value is -0.300. The van der Waals surface area contributed by atoms with Gasteiger partial charge in [0.2, 0.25) is 0 Å². The Morgan fingerprint density at radius 2 is 1.71 bits per heavy atom. The fourth-order valence-electron chi connectivity index (χ4n) is 0.948. The molecule has 0 aliphatic heterocycles. The molecule has 0 aromatic heterocycles. The van der Waals surface area contributed by atoms with Crippen LogP contribution in [0.3, 0.4) is 0 Å². The second-order valence-corrected chi connectivity index (χ2v) is 5.49. The van der Waals surface area contributed by atoms with Gasteiger partial charge in [0.05, 0.1) is 10.0 Å². The number of aliphatic hydroxyl groups excluding tert-OH is 1. The Morgan fingerprint density at radius 3 is 2.07 bits per heavy atom. The van der Waals surface area contributed by atoms with Crippen molar-refractivity contribution >= 4 is 22.6 Å². The van der Waals surface area contributed by atoms with Gasteiger partial charge in [0.25, 0.3) is 0 Å². The summed E-state index contributed by atoms with van der Waals surface area (Å²) in [4.78, 5) is 0. The summed E-state index contributed by atoms with van der Waals surface area (Å²) < 4.78 is 37.4. The number of aliphatic hydroxyl groups is 1. The Balaban J connectivity index is 3.26. The molecule has 0 heterocycles. The molecule has 0 aliphatic rings. The molecular formula is C9H8F3IO. The minimum atomic E-state index is -1.49. The van der Waals surface area contributed by atoms with Crippen molar-refractivity contribution in [2.45, 2.75) is 10.3 Å². The Labute approximate surface area is 93.1 Å². The van der Waals surface area contributed by atoms with Crippen molar-refractivity contribution < 1.29 is 18.3 Å². The molecule has 0 fully saturated rings. The van der Waals surface area contributed by atoms with E-state index in [0.29, 0.717) is 0 Å². The van der Waals surface area contributed by atoms with Gasteiger partial charge in [-0.25, -0.2) is 13.2 Å². The molecule has 1 N–H and O–H groups in total. The molecule has 0 amide bonds. The molecule has 78 valence electrons. The number of halogens is 4. The van der Waals surface area contributed by atoms with E-state index in [2.05, 4.69) is 0 Å². The maximum absolute atomic E-state index is 12.8. The third-order valence-corrected chi connectivity index (χ3v) is 2.85. The standard InChI is InChI=1S/C9H8F3IO/c1-9(13,4-14)5-2-6(10)8(12)7(11)3-5/h2-3,14H,4H2,1H3/t9-/m0/s1. The molecular weight excluding hydrogens is 308 g/mol. The minimum Gasteiger partial charge on any atom is -0.395 e. The van der Waals surface area contributed by atoms with E-state index in [0.717, 1.165) is 12.1 Å². The fraction of sp³-hybridized carbons (Fsp3) is 0.333. The van der Waals surface area contributed by atoms with E-state index in [1.807, 2.05) is 22.6 Å². The van der Waals surface area contributed by atoms with Crippen molar-refractivity contribution in [2.24, 2.45) is 0 Å². The molecule has 0 spiro atoms. The number of alkyl halides is 1. The lowest BCUT2D eigenvalue weighted by atomic mass is 10.0. The molecule has 5 heteroatoms. The molecule has 14 heavy (non-hydrogen) atoms. The summed E-state index contributed by atoms with van der Waals surface area (Å²) >= 11 is 1.84. The number of rotatable bonds is 2. The van der Waals surface area contributed by atoms with Crippen molar-refractivity contribution in [3.05, 3.63) is 35.1 Å². The Kier molecular flexibility index (Phi) is 3.41. The molecule has 1 nitrogen and oxygen atoms in total. The Bertz CT molecular complexity index is 329. The molecule has 0 unspecified atom stereocenters. The summed E-state index contributed by atoms with van der Waals surface area (Å²) in [5, 5.41) is 8.95. The normalized spacial score (nSPS) is 15.3. The van der Waals surface area contributed by atoms with E-state index in [1.165, 1.54) is 0 Å². The van der Waals surface area contributed by atoms with E-state index in [1.54, 1.807) is 6.92 Å². The quantitative estimate of drug-likeness (QED) is 0.505. The molecule has 0 radical (unpaired) electrons. The highest BCUT2D eigenvalue weighted by molar-refractivity contribution is 14.1. The average Bonchev–Trinajstić information content (AvgIpc) is 2.13. The SMILES string of the molecule is C[C@](I)(CO)c1cc(F)c(F)c(F)c1. The van der Waals surface area contributed by atoms with Gasteiger partial charge in [-0.3, -0.25) is 0 Å². The summed E-state index contributed by atoms with van der Waals surface area (Å²) in [7, 11) is 0.